The van der Waals surface area contributed by atoms with E-state index in [1.165, 1.54) is 57.4 Å². The second kappa shape index (κ2) is 12.5. The van der Waals surface area contributed by atoms with Gasteiger partial charge in [-0.3, -0.25) is 0 Å². The van der Waals surface area contributed by atoms with Gasteiger partial charge in [0.2, 0.25) is 5.82 Å². The molecule has 1 saturated heterocycles. The van der Waals surface area contributed by atoms with Gasteiger partial charge in [0.1, 0.15) is 0 Å². The van der Waals surface area contributed by atoms with Crippen molar-refractivity contribution in [2.24, 2.45) is 23.7 Å². The van der Waals surface area contributed by atoms with E-state index in [1.807, 2.05) is 0 Å². The third-order valence-electron chi connectivity index (χ3n) is 8.48. The molecule has 1 aromatic rings. The maximum atomic E-state index is 14.6. The van der Waals surface area contributed by atoms with E-state index in [0.717, 1.165) is 30.6 Å². The van der Waals surface area contributed by atoms with Crippen LogP contribution in [0.5, 0.6) is 5.75 Å². The van der Waals surface area contributed by atoms with E-state index in [4.69, 9.17) is 14.2 Å². The Balaban J connectivity index is 1.20. The predicted octanol–water partition coefficient (Wildman–Crippen LogP) is 7.79. The molecule has 0 bridgehead atoms. The van der Waals surface area contributed by atoms with Crippen molar-refractivity contribution in [3.63, 3.8) is 0 Å². The minimum absolute atomic E-state index is 0.0434. The fourth-order valence-corrected chi connectivity index (χ4v) is 6.43. The zero-order valence-electron chi connectivity index (χ0n) is 20.9. The zero-order chi connectivity index (χ0) is 23.9. The first-order valence-corrected chi connectivity index (χ1v) is 13.6. The van der Waals surface area contributed by atoms with Crippen molar-refractivity contribution in [1.82, 2.24) is 0 Å². The first kappa shape index (κ1) is 25.6. The molecule has 0 amide bonds. The number of allylic oxidation sites excluding steroid dienone is 2. The van der Waals surface area contributed by atoms with E-state index in [0.29, 0.717) is 31.3 Å². The lowest BCUT2D eigenvalue weighted by Gasteiger charge is -2.41. The van der Waals surface area contributed by atoms with Gasteiger partial charge in [-0.25, -0.2) is 4.39 Å². The van der Waals surface area contributed by atoms with Crippen LogP contribution in [0.2, 0.25) is 0 Å². The van der Waals surface area contributed by atoms with E-state index in [9.17, 15) is 8.78 Å². The largest absolute Gasteiger partial charge is 0.491 e. The summed E-state index contributed by atoms with van der Waals surface area (Å²) in [7, 11) is 0. The van der Waals surface area contributed by atoms with Gasteiger partial charge in [-0.15, -0.1) is 0 Å². The van der Waals surface area contributed by atoms with Crippen LogP contribution >= 0.6 is 0 Å². The molecular formula is C29H42F2O3. The lowest BCUT2D eigenvalue weighted by atomic mass is 9.68. The molecular weight excluding hydrogens is 434 g/mol. The van der Waals surface area contributed by atoms with Crippen LogP contribution in [0.1, 0.15) is 89.5 Å². The Kier molecular flexibility index (Phi) is 9.41. The van der Waals surface area contributed by atoms with Crippen molar-refractivity contribution in [2.45, 2.75) is 90.3 Å². The van der Waals surface area contributed by atoms with E-state index >= 15 is 0 Å². The van der Waals surface area contributed by atoms with E-state index in [2.05, 4.69) is 19.1 Å². The molecule has 0 unspecified atom stereocenters. The van der Waals surface area contributed by atoms with Crippen molar-refractivity contribution in [3.05, 3.63) is 41.5 Å². The first-order valence-electron chi connectivity index (χ1n) is 13.6. The summed E-state index contributed by atoms with van der Waals surface area (Å²) in [4.78, 5) is 0. The molecule has 0 atom stereocenters. The van der Waals surface area contributed by atoms with Crippen LogP contribution in [0.4, 0.5) is 8.78 Å². The van der Waals surface area contributed by atoms with Gasteiger partial charge in [-0.2, -0.15) is 4.39 Å². The summed E-state index contributed by atoms with van der Waals surface area (Å²) in [5, 5.41) is 0. The molecule has 5 heteroatoms. The van der Waals surface area contributed by atoms with Gasteiger partial charge < -0.3 is 14.2 Å². The molecule has 0 aromatic heterocycles. The maximum Gasteiger partial charge on any atom is 0.200 e. The van der Waals surface area contributed by atoms with Crippen molar-refractivity contribution in [3.8, 4) is 5.75 Å². The minimum Gasteiger partial charge on any atom is -0.491 e. The third kappa shape index (κ3) is 6.20. The number of benzene rings is 1. The lowest BCUT2D eigenvalue weighted by molar-refractivity contribution is -0.218. The second-order valence-electron chi connectivity index (χ2n) is 10.5. The van der Waals surface area contributed by atoms with E-state index in [1.54, 1.807) is 13.0 Å². The fourth-order valence-electron chi connectivity index (χ4n) is 6.43. The Hall–Kier alpha value is -1.46. The van der Waals surface area contributed by atoms with Gasteiger partial charge >= 0.3 is 0 Å². The van der Waals surface area contributed by atoms with Crippen LogP contribution in [-0.4, -0.2) is 26.1 Å². The molecule has 3 aliphatic rings. The highest BCUT2D eigenvalue weighted by Crippen LogP contribution is 2.44. The Labute approximate surface area is 204 Å². The molecule has 34 heavy (non-hydrogen) atoms. The van der Waals surface area contributed by atoms with Gasteiger partial charge in [0.15, 0.2) is 17.9 Å². The van der Waals surface area contributed by atoms with Crippen LogP contribution in [0, 0.1) is 35.3 Å². The lowest BCUT2D eigenvalue weighted by Crippen LogP contribution is -2.38. The zero-order valence-corrected chi connectivity index (χ0v) is 20.9. The standard InChI is InChI=1S/C29H42F2O3/c1-3-5-6-7-20-8-10-21(11-9-20)22-12-14-23(15-13-22)29-33-18-24(19-34-29)25-16-17-26(32-4-2)28(31)27(25)30/h3,5,16-17,20-24,29H,4,6-15,18-19H2,1-2H3/b5-3+. The van der Waals surface area contributed by atoms with Crippen molar-refractivity contribution in [2.75, 3.05) is 19.8 Å². The molecule has 0 N–H and O–H groups in total. The topological polar surface area (TPSA) is 27.7 Å². The van der Waals surface area contributed by atoms with Crippen molar-refractivity contribution < 1.29 is 23.0 Å². The number of hydrogen-bond donors (Lipinski definition) is 0. The van der Waals surface area contributed by atoms with Gasteiger partial charge in [-0.05, 0) is 94.6 Å². The average Bonchev–Trinajstić information content (AvgIpc) is 2.88. The normalized spacial score (nSPS) is 32.7. The Bertz CT molecular complexity index is 787. The summed E-state index contributed by atoms with van der Waals surface area (Å²) in [6, 6.07) is 3.10. The monoisotopic (exact) mass is 476 g/mol. The molecule has 1 aliphatic heterocycles. The summed E-state index contributed by atoms with van der Waals surface area (Å²) < 4.78 is 46.1. The summed E-state index contributed by atoms with van der Waals surface area (Å²) in [6.07, 6.45) is 17.3. The van der Waals surface area contributed by atoms with Crippen LogP contribution in [-0.2, 0) is 9.47 Å². The number of hydrogen-bond acceptors (Lipinski definition) is 3. The van der Waals surface area contributed by atoms with E-state index < -0.39 is 11.6 Å². The van der Waals surface area contributed by atoms with Crippen LogP contribution < -0.4 is 4.74 Å². The second-order valence-corrected chi connectivity index (χ2v) is 10.5. The summed E-state index contributed by atoms with van der Waals surface area (Å²) in [5.41, 5.74) is 0.310. The molecule has 4 rings (SSSR count). The molecule has 0 radical (unpaired) electrons. The quantitative estimate of drug-likeness (QED) is 0.358. The van der Waals surface area contributed by atoms with Crippen LogP contribution in [0.25, 0.3) is 0 Å². The highest BCUT2D eigenvalue weighted by molar-refractivity contribution is 5.33. The molecule has 0 spiro atoms. The predicted molar refractivity (Wildman–Crippen MR) is 131 cm³/mol. The summed E-state index contributed by atoms with van der Waals surface area (Å²) in [5.74, 6) is 0.981. The number of rotatable bonds is 8. The molecule has 190 valence electrons. The SMILES string of the molecule is C/C=C/CCC1CCC(C2CCC(C3OCC(c4ccc(OCC)c(F)c4F)CO3)CC2)CC1. The highest BCUT2D eigenvalue weighted by Gasteiger charge is 2.36. The Morgan fingerprint density at radius 2 is 1.50 bits per heavy atom. The molecule has 2 aliphatic carbocycles. The fraction of sp³-hybridized carbons (Fsp3) is 0.724. The number of halogens is 2. The summed E-state index contributed by atoms with van der Waals surface area (Å²) >= 11 is 0. The van der Waals surface area contributed by atoms with E-state index in [-0.39, 0.29) is 18.0 Å². The molecule has 3 nitrogen and oxygen atoms in total. The van der Waals surface area contributed by atoms with Gasteiger partial charge in [-0.1, -0.05) is 31.1 Å². The smallest absolute Gasteiger partial charge is 0.200 e. The average molecular weight is 477 g/mol. The molecule has 1 aromatic carbocycles. The highest BCUT2D eigenvalue weighted by atomic mass is 19.2. The van der Waals surface area contributed by atoms with Gasteiger partial charge in [0.05, 0.1) is 19.8 Å². The molecule has 2 saturated carbocycles. The van der Waals surface area contributed by atoms with Gasteiger partial charge in [0, 0.05) is 11.8 Å². The van der Waals surface area contributed by atoms with Crippen LogP contribution in [0.3, 0.4) is 0 Å². The maximum absolute atomic E-state index is 14.6. The van der Waals surface area contributed by atoms with Crippen molar-refractivity contribution in [1.29, 1.82) is 0 Å². The first-order chi connectivity index (χ1) is 16.6. The Morgan fingerprint density at radius 3 is 2.12 bits per heavy atom. The number of ether oxygens (including phenoxy) is 3. The third-order valence-corrected chi connectivity index (χ3v) is 8.48. The molecule has 3 fully saturated rings. The Morgan fingerprint density at radius 1 is 0.882 bits per heavy atom. The van der Waals surface area contributed by atoms with Gasteiger partial charge in [0.25, 0.3) is 0 Å². The van der Waals surface area contributed by atoms with Crippen molar-refractivity contribution >= 4 is 0 Å². The van der Waals surface area contributed by atoms with Crippen LogP contribution in [0.15, 0.2) is 24.3 Å². The summed E-state index contributed by atoms with van der Waals surface area (Å²) in [6.45, 7) is 4.89. The molecule has 1 heterocycles. The minimum atomic E-state index is -0.924.